The van der Waals surface area contributed by atoms with E-state index in [1.807, 2.05) is 85.5 Å². The van der Waals surface area contributed by atoms with E-state index in [2.05, 4.69) is 11.4 Å². The molecule has 3 aromatic carbocycles. The van der Waals surface area contributed by atoms with Crippen LogP contribution in [0.5, 0.6) is 0 Å². The molecule has 4 aromatic rings. The Hall–Kier alpha value is -3.15. The van der Waals surface area contributed by atoms with Gasteiger partial charge in [0.1, 0.15) is 6.54 Å². The third-order valence-electron chi connectivity index (χ3n) is 6.68. The van der Waals surface area contributed by atoms with Gasteiger partial charge in [0.2, 0.25) is 5.91 Å². The molecule has 1 aromatic heterocycles. The quantitative estimate of drug-likeness (QED) is 0.309. The second-order valence-corrected chi connectivity index (χ2v) is 10.6. The minimum Gasteiger partial charge on any atom is -0.330 e. The first kappa shape index (κ1) is 23.6. The fourth-order valence-corrected chi connectivity index (χ4v) is 5.91. The number of hydrogen-bond donors (Lipinski definition) is 0. The Kier molecular flexibility index (Phi) is 6.63. The van der Waals surface area contributed by atoms with Crippen molar-refractivity contribution in [2.45, 2.75) is 32.4 Å². The molecule has 0 saturated carbocycles. The van der Waals surface area contributed by atoms with Crippen LogP contribution in [0.2, 0.25) is 5.02 Å². The van der Waals surface area contributed by atoms with Gasteiger partial charge in [0, 0.05) is 28.0 Å². The second kappa shape index (κ2) is 9.84. The lowest BCUT2D eigenvalue weighted by atomic mass is 9.93. The monoisotopic (exact) mass is 502 g/mol. The molecular weight excluding hydrogens is 476 g/mol. The molecule has 2 heterocycles. The van der Waals surface area contributed by atoms with Crippen molar-refractivity contribution in [2.24, 2.45) is 0 Å². The highest BCUT2D eigenvalue weighted by Gasteiger charge is 2.34. The number of fused-ring (bicyclic) bond motifs is 2. The zero-order chi connectivity index (χ0) is 24.5. The summed E-state index contributed by atoms with van der Waals surface area (Å²) in [5.41, 5.74) is 2.81. The van der Waals surface area contributed by atoms with Gasteiger partial charge in [-0.05, 0) is 71.8 Å². The molecule has 0 bridgehead atoms. The van der Waals surface area contributed by atoms with Crippen LogP contribution in [-0.2, 0) is 11.2 Å². The van der Waals surface area contributed by atoms with E-state index in [4.69, 9.17) is 11.6 Å². The molecule has 0 aliphatic carbocycles. The Bertz CT molecular complexity index is 1370. The van der Waals surface area contributed by atoms with E-state index in [0.717, 1.165) is 28.3 Å². The van der Waals surface area contributed by atoms with E-state index < -0.39 is 0 Å². The molecule has 6 heteroatoms. The molecule has 1 aliphatic heterocycles. The highest BCUT2D eigenvalue weighted by atomic mass is 35.5. The highest BCUT2D eigenvalue weighted by molar-refractivity contribution is 7.10. The van der Waals surface area contributed by atoms with Crippen LogP contribution in [0.4, 0.5) is 0 Å². The van der Waals surface area contributed by atoms with Crippen molar-refractivity contribution < 1.29 is 9.59 Å². The van der Waals surface area contributed by atoms with Crippen LogP contribution in [0.3, 0.4) is 0 Å². The summed E-state index contributed by atoms with van der Waals surface area (Å²) in [6.07, 6.45) is 0.821. The zero-order valence-electron chi connectivity index (χ0n) is 19.8. The number of carbonyl (C=O) groups is 2. The molecule has 4 nitrogen and oxygen atoms in total. The number of amides is 2. The molecule has 178 valence electrons. The maximum absolute atomic E-state index is 13.8. The summed E-state index contributed by atoms with van der Waals surface area (Å²) < 4.78 is 0. The van der Waals surface area contributed by atoms with Crippen molar-refractivity contribution in [2.75, 3.05) is 13.1 Å². The van der Waals surface area contributed by atoms with Crippen molar-refractivity contribution >= 4 is 45.5 Å². The Morgan fingerprint density at radius 2 is 1.77 bits per heavy atom. The van der Waals surface area contributed by atoms with Crippen LogP contribution in [0.15, 0.2) is 78.2 Å². The smallest absolute Gasteiger partial charge is 0.255 e. The van der Waals surface area contributed by atoms with Crippen LogP contribution in [0.1, 0.15) is 46.3 Å². The SMILES string of the molecule is CC(C)N(CC(=O)N1CCc2sccc2[C@@H]1c1ccc(Cl)cc1)C(=O)c1cccc2ccccc12. The number of nitrogens with zero attached hydrogens (tertiary/aromatic N) is 2. The lowest BCUT2D eigenvalue weighted by Crippen LogP contribution is -2.48. The predicted molar refractivity (Wildman–Crippen MR) is 143 cm³/mol. The lowest BCUT2D eigenvalue weighted by molar-refractivity contribution is -0.134. The first-order valence-corrected chi connectivity index (χ1v) is 13.1. The van der Waals surface area contributed by atoms with Gasteiger partial charge in [-0.1, -0.05) is 60.1 Å². The molecule has 0 unspecified atom stereocenters. The van der Waals surface area contributed by atoms with Crippen LogP contribution >= 0.6 is 22.9 Å². The van der Waals surface area contributed by atoms with E-state index in [1.165, 1.54) is 4.88 Å². The average Bonchev–Trinajstić information content (AvgIpc) is 3.35. The van der Waals surface area contributed by atoms with Crippen LogP contribution in [0, 0.1) is 0 Å². The zero-order valence-corrected chi connectivity index (χ0v) is 21.4. The standard InChI is InChI=1S/C29H27ClN2O2S/c1-19(2)32(29(34)24-9-5-7-20-6-3-4-8-23(20)24)18-27(33)31-16-14-26-25(15-17-35-26)28(31)21-10-12-22(30)13-11-21/h3-13,15,17,19,28H,14,16,18H2,1-2H3/t28-/m0/s1. The summed E-state index contributed by atoms with van der Waals surface area (Å²) in [5.74, 6) is -0.175. The van der Waals surface area contributed by atoms with E-state index in [9.17, 15) is 9.59 Å². The fourth-order valence-electron chi connectivity index (χ4n) is 4.88. The molecule has 1 atom stereocenters. The number of thiophene rings is 1. The van der Waals surface area contributed by atoms with Crippen LogP contribution < -0.4 is 0 Å². The molecule has 0 spiro atoms. The van der Waals surface area contributed by atoms with E-state index in [0.29, 0.717) is 17.1 Å². The van der Waals surface area contributed by atoms with E-state index in [1.54, 1.807) is 16.2 Å². The van der Waals surface area contributed by atoms with Gasteiger partial charge >= 0.3 is 0 Å². The number of benzene rings is 3. The fraction of sp³-hybridized carbons (Fsp3) is 0.241. The number of rotatable bonds is 5. The van der Waals surface area contributed by atoms with Gasteiger partial charge in [0.25, 0.3) is 5.91 Å². The van der Waals surface area contributed by atoms with Gasteiger partial charge in [-0.2, -0.15) is 0 Å². The molecule has 0 radical (unpaired) electrons. The third-order valence-corrected chi connectivity index (χ3v) is 7.93. The summed E-state index contributed by atoms with van der Waals surface area (Å²) in [5, 5.41) is 4.67. The largest absolute Gasteiger partial charge is 0.330 e. The first-order valence-electron chi connectivity index (χ1n) is 11.8. The normalized spacial score (nSPS) is 15.3. The van der Waals surface area contributed by atoms with Gasteiger partial charge in [-0.15, -0.1) is 11.3 Å². The maximum Gasteiger partial charge on any atom is 0.255 e. The topological polar surface area (TPSA) is 40.6 Å². The summed E-state index contributed by atoms with van der Waals surface area (Å²) >= 11 is 7.88. The van der Waals surface area contributed by atoms with E-state index >= 15 is 0 Å². The van der Waals surface area contributed by atoms with Crippen molar-refractivity contribution in [1.29, 1.82) is 0 Å². The van der Waals surface area contributed by atoms with Crippen molar-refractivity contribution in [1.82, 2.24) is 9.80 Å². The van der Waals surface area contributed by atoms with Crippen molar-refractivity contribution in [3.8, 4) is 0 Å². The summed E-state index contributed by atoms with van der Waals surface area (Å²) in [6, 6.07) is 23.1. The molecule has 0 N–H and O–H groups in total. The molecule has 0 saturated heterocycles. The van der Waals surface area contributed by atoms with Crippen LogP contribution in [0.25, 0.3) is 10.8 Å². The predicted octanol–water partition coefficient (Wildman–Crippen LogP) is 6.58. The molecule has 2 amide bonds. The number of carbonyl (C=O) groups excluding carboxylic acids is 2. The Labute approximate surface area is 214 Å². The van der Waals surface area contributed by atoms with Gasteiger partial charge < -0.3 is 9.80 Å². The Morgan fingerprint density at radius 1 is 1.03 bits per heavy atom. The van der Waals surface area contributed by atoms with Crippen molar-refractivity contribution in [3.05, 3.63) is 105 Å². The second-order valence-electron chi connectivity index (χ2n) is 9.14. The Morgan fingerprint density at radius 3 is 2.54 bits per heavy atom. The minimum atomic E-state index is -0.184. The molecular formula is C29H27ClN2O2S. The average molecular weight is 503 g/mol. The maximum atomic E-state index is 13.8. The summed E-state index contributed by atoms with van der Waals surface area (Å²) in [4.78, 5) is 32.4. The highest BCUT2D eigenvalue weighted by Crippen LogP contribution is 2.38. The van der Waals surface area contributed by atoms with Gasteiger partial charge in [-0.25, -0.2) is 0 Å². The molecule has 35 heavy (non-hydrogen) atoms. The van der Waals surface area contributed by atoms with Gasteiger partial charge in [0.15, 0.2) is 0 Å². The molecule has 5 rings (SSSR count). The number of hydrogen-bond acceptors (Lipinski definition) is 3. The minimum absolute atomic E-state index is 0.0310. The van der Waals surface area contributed by atoms with Gasteiger partial charge in [-0.3, -0.25) is 9.59 Å². The van der Waals surface area contributed by atoms with Crippen LogP contribution in [-0.4, -0.2) is 40.7 Å². The van der Waals surface area contributed by atoms with Gasteiger partial charge in [0.05, 0.1) is 6.04 Å². The number of halogens is 1. The summed E-state index contributed by atoms with van der Waals surface area (Å²) in [7, 11) is 0. The third kappa shape index (κ3) is 4.58. The van der Waals surface area contributed by atoms with Crippen molar-refractivity contribution in [3.63, 3.8) is 0 Å². The summed E-state index contributed by atoms with van der Waals surface area (Å²) in [6.45, 7) is 4.57. The molecule has 1 aliphatic rings. The molecule has 0 fully saturated rings. The Balaban J connectivity index is 1.46. The van der Waals surface area contributed by atoms with E-state index in [-0.39, 0.29) is 30.4 Å². The first-order chi connectivity index (χ1) is 16.9. The lowest BCUT2D eigenvalue weighted by Gasteiger charge is -2.38.